The van der Waals surface area contributed by atoms with Crippen LogP contribution in [0.25, 0.3) is 0 Å². The second-order valence-electron chi connectivity index (χ2n) is 16.6. The van der Waals surface area contributed by atoms with E-state index in [0.29, 0.717) is 30.4 Å². The molecule has 0 amide bonds. The Kier molecular flexibility index (Phi) is 6.46. The van der Waals surface area contributed by atoms with Gasteiger partial charge in [0.2, 0.25) is 0 Å². The summed E-state index contributed by atoms with van der Waals surface area (Å²) < 4.78 is 44.6. The molecule has 51 heavy (non-hydrogen) atoms. The first-order valence-electron chi connectivity index (χ1n) is 17.9. The Morgan fingerprint density at radius 3 is 2.47 bits per heavy atom. The minimum absolute atomic E-state index is 0.0330. The van der Waals surface area contributed by atoms with Crippen molar-refractivity contribution in [1.29, 1.82) is 0 Å². The summed E-state index contributed by atoms with van der Waals surface area (Å²) in [5.41, 5.74) is -9.56. The fraction of sp³-hybridized carbons (Fsp3) is 0.615. The Hall–Kier alpha value is -3.55. The van der Waals surface area contributed by atoms with E-state index in [4.69, 9.17) is 32.8 Å². The largest absolute Gasteiger partial charge is 0.472 e. The van der Waals surface area contributed by atoms with E-state index in [1.165, 1.54) is 19.4 Å². The number of methoxy groups -OCH3 is 1. The molecule has 6 fully saturated rings. The molecule has 12 heteroatoms. The van der Waals surface area contributed by atoms with Crippen LogP contribution < -0.4 is 0 Å². The summed E-state index contributed by atoms with van der Waals surface area (Å²) in [6.07, 6.45) is 2.03. The van der Waals surface area contributed by atoms with Gasteiger partial charge in [-0.2, -0.15) is 0 Å². The zero-order valence-electron chi connectivity index (χ0n) is 29.6. The monoisotopic (exact) mass is 704 g/mol. The number of aliphatic hydroxyl groups is 2. The SMILES string of the molecule is CCC(C)C12O[C@@H]3[C@@]4(O)[C@@H](OC(=O)c5ccccc5)[C@@]5(C)C[C@]4(O)[C@@](C)([C@H]5CC(=O)OC)[C@]4(CC[C@]5(C)C(=CC(=O)O[C@H]5c5ccoc5)[C@@]34O1)O2. The molecule has 7 aliphatic rings. The van der Waals surface area contributed by atoms with Gasteiger partial charge in [-0.1, -0.05) is 52.8 Å². The maximum absolute atomic E-state index is 14.0. The first kappa shape index (κ1) is 33.3. The maximum atomic E-state index is 14.0. The summed E-state index contributed by atoms with van der Waals surface area (Å²) in [5, 5.41) is 27.2. The van der Waals surface area contributed by atoms with Crippen LogP contribution in [0.2, 0.25) is 0 Å². The first-order chi connectivity index (χ1) is 24.1. The van der Waals surface area contributed by atoms with Crippen molar-refractivity contribution in [2.45, 2.75) is 113 Å². The molecule has 4 aliphatic carbocycles. The summed E-state index contributed by atoms with van der Waals surface area (Å²) in [6, 6.07) is 10.2. The van der Waals surface area contributed by atoms with E-state index in [2.05, 4.69) is 0 Å². The van der Waals surface area contributed by atoms with Gasteiger partial charge in [-0.05, 0) is 55.4 Å². The lowest BCUT2D eigenvalue weighted by atomic mass is 9.35. The minimum Gasteiger partial charge on any atom is -0.472 e. The standard InChI is InChI=1S/C39H44O12/c1-7-21(2)39-49-31-37(44)30(48-29(42)22-11-9-8-10-12-22)33(4)20-35(37,43)34(5,24(33)17-26(40)45-6)36(50-39)15-14-32(3)25(38(31,36)51-39)18-27(41)47-28(32)23-13-16-46-19-23/h8-13,16,18-19,21,24,28,30-31,43-44H,7,14-15,17,20H2,1-6H3/t21?,24-,28-,30-,31+,32+,33-,34+,35-,36-,37-,38+,39?/m0/s1. The third-order valence-electron chi connectivity index (χ3n) is 14.7. The average molecular weight is 705 g/mol. The van der Waals surface area contributed by atoms with E-state index >= 15 is 0 Å². The molecule has 0 radical (unpaired) electrons. The third-order valence-corrected chi connectivity index (χ3v) is 14.7. The van der Waals surface area contributed by atoms with Crippen molar-refractivity contribution < 1.29 is 57.4 Å². The quantitative estimate of drug-likeness (QED) is 0.307. The van der Waals surface area contributed by atoms with Gasteiger partial charge in [0.15, 0.2) is 11.2 Å². The number of esters is 3. The Labute approximate surface area is 295 Å². The molecule has 1 aromatic heterocycles. The lowest BCUT2D eigenvalue weighted by Gasteiger charge is -2.75. The van der Waals surface area contributed by atoms with Crippen molar-refractivity contribution in [3.05, 3.63) is 71.7 Å². The van der Waals surface area contributed by atoms with Gasteiger partial charge in [-0.25, -0.2) is 9.59 Å². The third kappa shape index (κ3) is 3.35. The second-order valence-corrected chi connectivity index (χ2v) is 16.6. The molecular formula is C39H44O12. The van der Waals surface area contributed by atoms with Crippen molar-refractivity contribution in [2.75, 3.05) is 7.11 Å². The van der Waals surface area contributed by atoms with Crippen molar-refractivity contribution in [1.82, 2.24) is 0 Å². The molecular weight excluding hydrogens is 660 g/mol. The van der Waals surface area contributed by atoms with E-state index < -0.39 is 86.8 Å². The number of fused-ring (bicyclic) bond motifs is 4. The molecule has 2 aromatic rings. The Morgan fingerprint density at radius 1 is 1.06 bits per heavy atom. The van der Waals surface area contributed by atoms with Gasteiger partial charge >= 0.3 is 17.9 Å². The molecule has 272 valence electrons. The van der Waals surface area contributed by atoms with E-state index in [1.54, 1.807) is 42.7 Å². The fourth-order valence-corrected chi connectivity index (χ4v) is 12.4. The summed E-state index contributed by atoms with van der Waals surface area (Å²) in [6.45, 7) is 9.59. The molecule has 3 aliphatic heterocycles. The number of furan rings is 1. The number of benzene rings is 1. The second kappa shape index (κ2) is 9.90. The number of carbonyl (C=O) groups is 3. The lowest BCUT2D eigenvalue weighted by Crippen LogP contribution is -2.92. The number of rotatable bonds is 7. The lowest BCUT2D eigenvalue weighted by molar-refractivity contribution is -0.455. The number of hydrogen-bond acceptors (Lipinski definition) is 12. The molecule has 4 bridgehead atoms. The molecule has 4 heterocycles. The molecule has 9 rings (SSSR count). The summed E-state index contributed by atoms with van der Waals surface area (Å²) in [7, 11) is 1.30. The van der Waals surface area contributed by atoms with Crippen LogP contribution in [0.3, 0.4) is 0 Å². The van der Waals surface area contributed by atoms with Crippen LogP contribution in [0.1, 0.15) is 88.7 Å². The molecule has 2 N–H and O–H groups in total. The maximum Gasteiger partial charge on any atom is 0.338 e. The number of ether oxygens (including phenoxy) is 6. The molecule has 13 atom stereocenters. The van der Waals surface area contributed by atoms with Gasteiger partial charge in [0.1, 0.15) is 29.5 Å². The van der Waals surface area contributed by atoms with E-state index in [0.717, 1.165) is 0 Å². The number of hydrogen-bond donors (Lipinski definition) is 2. The average Bonchev–Trinajstić information content (AvgIpc) is 3.91. The topological polar surface area (TPSA) is 160 Å². The number of cyclic esters (lactones) is 1. The Morgan fingerprint density at radius 2 is 1.80 bits per heavy atom. The van der Waals surface area contributed by atoms with Crippen LogP contribution in [0.4, 0.5) is 0 Å². The van der Waals surface area contributed by atoms with Crippen molar-refractivity contribution in [3.63, 3.8) is 0 Å². The molecule has 2 saturated heterocycles. The van der Waals surface area contributed by atoms with E-state index in [1.807, 2.05) is 34.6 Å². The zero-order valence-corrected chi connectivity index (χ0v) is 29.6. The van der Waals surface area contributed by atoms with E-state index in [9.17, 15) is 24.6 Å². The van der Waals surface area contributed by atoms with Crippen molar-refractivity contribution >= 4 is 17.9 Å². The highest BCUT2D eigenvalue weighted by Crippen LogP contribution is 2.88. The molecule has 2 unspecified atom stereocenters. The van der Waals surface area contributed by atoms with Gasteiger partial charge in [0.25, 0.3) is 5.97 Å². The van der Waals surface area contributed by atoms with Gasteiger partial charge in [0.05, 0.1) is 25.2 Å². The summed E-state index contributed by atoms with van der Waals surface area (Å²) in [5.74, 6) is -4.70. The van der Waals surface area contributed by atoms with Crippen molar-refractivity contribution in [2.24, 2.45) is 28.1 Å². The van der Waals surface area contributed by atoms with Gasteiger partial charge in [-0.3, -0.25) is 4.79 Å². The molecule has 4 saturated carbocycles. The number of carbonyl (C=O) groups excluding carboxylic acids is 3. The Balaban J connectivity index is 1.33. The summed E-state index contributed by atoms with van der Waals surface area (Å²) >= 11 is 0. The molecule has 1 spiro atoms. The van der Waals surface area contributed by atoms with Crippen LogP contribution in [0, 0.1) is 28.1 Å². The van der Waals surface area contributed by atoms with Crippen LogP contribution in [-0.2, 0) is 38.0 Å². The predicted octanol–water partition coefficient (Wildman–Crippen LogP) is 4.54. The highest BCUT2D eigenvalue weighted by atomic mass is 17.0. The smallest absolute Gasteiger partial charge is 0.338 e. The zero-order chi connectivity index (χ0) is 36.2. The van der Waals surface area contributed by atoms with Crippen LogP contribution >= 0.6 is 0 Å². The van der Waals surface area contributed by atoms with Gasteiger partial charge in [0, 0.05) is 40.2 Å². The van der Waals surface area contributed by atoms with Crippen molar-refractivity contribution in [3.8, 4) is 0 Å². The molecule has 1 aromatic carbocycles. The highest BCUT2D eigenvalue weighted by molar-refractivity contribution is 5.90. The minimum atomic E-state index is -2.30. The molecule has 12 nitrogen and oxygen atoms in total. The highest BCUT2D eigenvalue weighted by Gasteiger charge is 3.02. The first-order valence-corrected chi connectivity index (χ1v) is 17.9. The summed E-state index contributed by atoms with van der Waals surface area (Å²) in [4.78, 5) is 41.1. The van der Waals surface area contributed by atoms with Crippen LogP contribution in [-0.4, -0.2) is 75.8 Å². The predicted molar refractivity (Wildman–Crippen MR) is 174 cm³/mol. The van der Waals surface area contributed by atoms with Crippen LogP contribution in [0.5, 0.6) is 0 Å². The van der Waals surface area contributed by atoms with Gasteiger partial charge in [-0.15, -0.1) is 0 Å². The van der Waals surface area contributed by atoms with Gasteiger partial charge < -0.3 is 43.1 Å². The Bertz CT molecular complexity index is 1880. The van der Waals surface area contributed by atoms with Crippen LogP contribution in [0.15, 0.2) is 65.0 Å². The van der Waals surface area contributed by atoms with E-state index in [-0.39, 0.29) is 24.3 Å². The fourth-order valence-electron chi connectivity index (χ4n) is 12.4. The normalized spacial score (nSPS) is 48.7.